The number of carbonyl (C=O) groups excluding carboxylic acids is 1. The number of hydrogen-bond acceptors (Lipinski definition) is 3. The molecule has 0 aliphatic carbocycles. The Morgan fingerprint density at radius 1 is 1.75 bits per heavy atom. The van der Waals surface area contributed by atoms with Crippen LogP contribution in [0, 0.1) is 0 Å². The van der Waals surface area contributed by atoms with E-state index in [-0.39, 0.29) is 25.0 Å². The smallest absolute Gasteiger partial charge is 0.224 e. The highest BCUT2D eigenvalue weighted by atomic mass is 16.5. The molecule has 0 aromatic heterocycles. The molecule has 1 rings (SSSR count). The first-order chi connectivity index (χ1) is 5.77. The van der Waals surface area contributed by atoms with Gasteiger partial charge < -0.3 is 14.7 Å². The van der Waals surface area contributed by atoms with E-state index in [2.05, 4.69) is 0 Å². The first kappa shape index (κ1) is 9.48. The van der Waals surface area contributed by atoms with Crippen LogP contribution in [0.5, 0.6) is 0 Å². The highest BCUT2D eigenvalue weighted by Crippen LogP contribution is 2.12. The highest BCUT2D eigenvalue weighted by Gasteiger charge is 2.25. The molecule has 4 nitrogen and oxygen atoms in total. The molecule has 0 saturated carbocycles. The molecule has 4 heteroatoms. The number of ether oxygens (including phenoxy) is 1. The fraction of sp³-hybridized carbons (Fsp3) is 0.875. The van der Waals surface area contributed by atoms with Crippen molar-refractivity contribution in [2.24, 2.45) is 0 Å². The minimum atomic E-state index is -0.0625. The van der Waals surface area contributed by atoms with E-state index in [4.69, 9.17) is 9.84 Å². The fourth-order valence-corrected chi connectivity index (χ4v) is 1.40. The van der Waals surface area contributed by atoms with E-state index >= 15 is 0 Å². The second-order valence-electron chi connectivity index (χ2n) is 2.96. The van der Waals surface area contributed by atoms with Crippen molar-refractivity contribution < 1.29 is 14.6 Å². The molecule has 0 aromatic carbocycles. The Labute approximate surface area is 72.1 Å². The summed E-state index contributed by atoms with van der Waals surface area (Å²) in [4.78, 5) is 13.0. The van der Waals surface area contributed by atoms with Crippen LogP contribution in [-0.4, -0.2) is 48.8 Å². The number of rotatable bonds is 3. The van der Waals surface area contributed by atoms with Gasteiger partial charge in [-0.05, 0) is 6.42 Å². The molecule has 0 radical (unpaired) electrons. The Morgan fingerprint density at radius 2 is 2.50 bits per heavy atom. The maximum absolute atomic E-state index is 11.2. The number of hydrogen-bond donors (Lipinski definition) is 1. The molecule has 1 atom stereocenters. The maximum Gasteiger partial charge on any atom is 0.224 e. The predicted octanol–water partition coefficient (Wildman–Crippen LogP) is -0.384. The number of aliphatic hydroxyl groups is 1. The molecule has 0 aromatic rings. The minimum Gasteiger partial charge on any atom is -0.396 e. The van der Waals surface area contributed by atoms with Gasteiger partial charge in [0.15, 0.2) is 0 Å². The highest BCUT2D eigenvalue weighted by molar-refractivity contribution is 5.76. The van der Waals surface area contributed by atoms with Crippen LogP contribution in [0.2, 0.25) is 0 Å². The SMILES string of the molecule is CO[C@H]1CCN(C(=O)CCO)C1. The van der Waals surface area contributed by atoms with Crippen molar-refractivity contribution in [3.05, 3.63) is 0 Å². The Hall–Kier alpha value is -0.610. The van der Waals surface area contributed by atoms with Crippen molar-refractivity contribution in [2.75, 3.05) is 26.8 Å². The van der Waals surface area contributed by atoms with Crippen molar-refractivity contribution in [1.29, 1.82) is 0 Å². The molecule has 1 saturated heterocycles. The third-order valence-corrected chi connectivity index (χ3v) is 2.16. The van der Waals surface area contributed by atoms with E-state index in [0.29, 0.717) is 6.54 Å². The van der Waals surface area contributed by atoms with Crippen molar-refractivity contribution in [2.45, 2.75) is 18.9 Å². The van der Waals surface area contributed by atoms with Crippen LogP contribution < -0.4 is 0 Å². The Bertz CT molecular complexity index is 160. The van der Waals surface area contributed by atoms with Crippen LogP contribution in [-0.2, 0) is 9.53 Å². The summed E-state index contributed by atoms with van der Waals surface area (Å²) in [7, 11) is 1.66. The second kappa shape index (κ2) is 4.42. The molecule has 0 spiro atoms. The normalized spacial score (nSPS) is 23.2. The third kappa shape index (κ3) is 2.19. The number of methoxy groups -OCH3 is 1. The number of aliphatic hydroxyl groups excluding tert-OH is 1. The van der Waals surface area contributed by atoms with Gasteiger partial charge in [-0.1, -0.05) is 0 Å². The largest absolute Gasteiger partial charge is 0.396 e. The average Bonchev–Trinajstić information content (AvgIpc) is 2.52. The Kier molecular flexibility index (Phi) is 3.49. The molecule has 0 unspecified atom stereocenters. The van der Waals surface area contributed by atoms with Crippen molar-refractivity contribution >= 4 is 5.91 Å². The van der Waals surface area contributed by atoms with Crippen LogP contribution >= 0.6 is 0 Å². The second-order valence-corrected chi connectivity index (χ2v) is 2.96. The average molecular weight is 173 g/mol. The first-order valence-electron chi connectivity index (χ1n) is 4.19. The topological polar surface area (TPSA) is 49.8 Å². The van der Waals surface area contributed by atoms with Gasteiger partial charge in [-0.25, -0.2) is 0 Å². The molecule has 1 N–H and O–H groups in total. The summed E-state index contributed by atoms with van der Waals surface area (Å²) >= 11 is 0. The lowest BCUT2D eigenvalue weighted by Crippen LogP contribution is -2.30. The van der Waals surface area contributed by atoms with E-state index in [1.54, 1.807) is 12.0 Å². The zero-order valence-electron chi connectivity index (χ0n) is 7.32. The van der Waals surface area contributed by atoms with Crippen LogP contribution in [0.3, 0.4) is 0 Å². The molecule has 0 bridgehead atoms. The van der Waals surface area contributed by atoms with E-state index < -0.39 is 0 Å². The van der Waals surface area contributed by atoms with Crippen molar-refractivity contribution in [3.8, 4) is 0 Å². The zero-order valence-corrected chi connectivity index (χ0v) is 7.32. The number of nitrogens with zero attached hydrogens (tertiary/aromatic N) is 1. The molecular weight excluding hydrogens is 158 g/mol. The minimum absolute atomic E-state index is 0.0250. The van der Waals surface area contributed by atoms with E-state index in [0.717, 1.165) is 13.0 Å². The Morgan fingerprint density at radius 3 is 3.00 bits per heavy atom. The van der Waals surface area contributed by atoms with Gasteiger partial charge in [0.25, 0.3) is 0 Å². The molecule has 1 amide bonds. The van der Waals surface area contributed by atoms with Crippen molar-refractivity contribution in [1.82, 2.24) is 4.90 Å². The molecular formula is C8H15NO3. The lowest BCUT2D eigenvalue weighted by Gasteiger charge is -2.14. The van der Waals surface area contributed by atoms with Crippen LogP contribution in [0.15, 0.2) is 0 Å². The van der Waals surface area contributed by atoms with Gasteiger partial charge in [0.1, 0.15) is 0 Å². The molecule has 12 heavy (non-hydrogen) atoms. The first-order valence-corrected chi connectivity index (χ1v) is 4.19. The maximum atomic E-state index is 11.2. The monoisotopic (exact) mass is 173 g/mol. The van der Waals surface area contributed by atoms with Gasteiger partial charge in [-0.2, -0.15) is 0 Å². The van der Waals surface area contributed by atoms with E-state index in [1.165, 1.54) is 0 Å². The van der Waals surface area contributed by atoms with Gasteiger partial charge in [0.05, 0.1) is 12.7 Å². The quantitative estimate of drug-likeness (QED) is 0.632. The molecule has 70 valence electrons. The number of carbonyl (C=O) groups is 1. The van der Waals surface area contributed by atoms with E-state index in [1.807, 2.05) is 0 Å². The Balaban J connectivity index is 2.31. The fourth-order valence-electron chi connectivity index (χ4n) is 1.40. The molecule has 1 aliphatic rings. The summed E-state index contributed by atoms with van der Waals surface area (Å²) in [6.45, 7) is 1.37. The third-order valence-electron chi connectivity index (χ3n) is 2.16. The van der Waals surface area contributed by atoms with Gasteiger partial charge in [-0.15, -0.1) is 0 Å². The lowest BCUT2D eigenvalue weighted by molar-refractivity contribution is -0.131. The predicted molar refractivity (Wildman–Crippen MR) is 43.7 cm³/mol. The molecule has 1 aliphatic heterocycles. The summed E-state index contributed by atoms with van der Waals surface area (Å²) in [5.41, 5.74) is 0. The van der Waals surface area contributed by atoms with Gasteiger partial charge in [-0.3, -0.25) is 4.79 Å². The van der Waals surface area contributed by atoms with Gasteiger partial charge in [0, 0.05) is 26.6 Å². The van der Waals surface area contributed by atoms with Gasteiger partial charge >= 0.3 is 0 Å². The zero-order chi connectivity index (χ0) is 8.97. The summed E-state index contributed by atoms with van der Waals surface area (Å²) in [6, 6.07) is 0. The summed E-state index contributed by atoms with van der Waals surface area (Å²) in [5.74, 6) is 0.0250. The summed E-state index contributed by atoms with van der Waals surface area (Å²) in [5, 5.41) is 8.54. The standard InChI is InChI=1S/C8H15NO3/c1-12-7-2-4-9(6-7)8(11)3-5-10/h7,10H,2-6H2,1H3/t7-/m0/s1. The van der Waals surface area contributed by atoms with E-state index in [9.17, 15) is 4.79 Å². The van der Waals surface area contributed by atoms with Crippen LogP contribution in [0.1, 0.15) is 12.8 Å². The van der Waals surface area contributed by atoms with Crippen molar-refractivity contribution in [3.63, 3.8) is 0 Å². The number of likely N-dealkylation sites (tertiary alicyclic amines) is 1. The van der Waals surface area contributed by atoms with Gasteiger partial charge in [0.2, 0.25) is 5.91 Å². The lowest BCUT2D eigenvalue weighted by atomic mass is 10.3. The molecule has 1 heterocycles. The summed E-state index contributed by atoms with van der Waals surface area (Å²) in [6.07, 6.45) is 1.33. The van der Waals surface area contributed by atoms with Crippen LogP contribution in [0.4, 0.5) is 0 Å². The van der Waals surface area contributed by atoms with Crippen LogP contribution in [0.25, 0.3) is 0 Å². The summed E-state index contributed by atoms with van der Waals surface area (Å²) < 4.78 is 5.11. The number of amides is 1. The molecule has 1 fully saturated rings.